The number of aryl methyl sites for hydroxylation is 2. The molecule has 0 aromatic carbocycles. The summed E-state index contributed by atoms with van der Waals surface area (Å²) in [5, 5.41) is 3.18. The first-order valence-corrected chi connectivity index (χ1v) is 6.98. The van der Waals surface area contributed by atoms with E-state index in [1.54, 1.807) is 11.3 Å². The van der Waals surface area contributed by atoms with Crippen LogP contribution in [0.2, 0.25) is 0 Å². The lowest BCUT2D eigenvalue weighted by atomic mass is 10.2. The van der Waals surface area contributed by atoms with E-state index in [0.29, 0.717) is 13.1 Å². The van der Waals surface area contributed by atoms with Crippen LogP contribution in [0.5, 0.6) is 0 Å². The minimum absolute atomic E-state index is 0.0708. The molecule has 1 aliphatic rings. The summed E-state index contributed by atoms with van der Waals surface area (Å²) in [7, 11) is 0. The molecule has 2 amide bonds. The van der Waals surface area contributed by atoms with E-state index >= 15 is 0 Å². The molecule has 0 bridgehead atoms. The van der Waals surface area contributed by atoms with Gasteiger partial charge in [-0.1, -0.05) is 0 Å². The maximum Gasteiger partial charge on any atom is 0.246 e. The SMILES string of the molecule is CCN1C(=O)CC(NCc2cc(C)c(C)s2)C1=O. The van der Waals surface area contributed by atoms with Crippen LogP contribution in [-0.2, 0) is 16.1 Å². The number of hydrogen-bond donors (Lipinski definition) is 1. The Bertz CT molecular complexity index is 462. The summed E-state index contributed by atoms with van der Waals surface area (Å²) in [4.78, 5) is 27.3. The zero-order valence-electron chi connectivity index (χ0n) is 10.9. The minimum atomic E-state index is -0.347. The third-order valence-electron chi connectivity index (χ3n) is 3.30. The Kier molecular flexibility index (Phi) is 3.82. The van der Waals surface area contributed by atoms with Crippen LogP contribution < -0.4 is 5.32 Å². The fourth-order valence-electron chi connectivity index (χ4n) is 2.14. The van der Waals surface area contributed by atoms with Gasteiger partial charge in [0.15, 0.2) is 0 Å². The number of nitrogens with zero attached hydrogens (tertiary/aromatic N) is 1. The highest BCUT2D eigenvalue weighted by atomic mass is 32.1. The topological polar surface area (TPSA) is 49.4 Å². The van der Waals surface area contributed by atoms with Crippen LogP contribution in [0.3, 0.4) is 0 Å². The number of amides is 2. The number of hydrogen-bond acceptors (Lipinski definition) is 4. The van der Waals surface area contributed by atoms with Crippen molar-refractivity contribution in [2.75, 3.05) is 6.54 Å². The van der Waals surface area contributed by atoms with Gasteiger partial charge in [-0.3, -0.25) is 14.5 Å². The van der Waals surface area contributed by atoms with E-state index in [2.05, 4.69) is 25.2 Å². The van der Waals surface area contributed by atoms with Crippen molar-refractivity contribution in [3.8, 4) is 0 Å². The molecule has 4 nitrogen and oxygen atoms in total. The van der Waals surface area contributed by atoms with Crippen molar-refractivity contribution in [1.29, 1.82) is 0 Å². The van der Waals surface area contributed by atoms with Gasteiger partial charge in [0.25, 0.3) is 0 Å². The number of likely N-dealkylation sites (tertiary alicyclic amines) is 1. The average Bonchev–Trinajstić information content (AvgIpc) is 2.78. The minimum Gasteiger partial charge on any atom is -0.300 e. The van der Waals surface area contributed by atoms with Crippen molar-refractivity contribution < 1.29 is 9.59 Å². The Morgan fingerprint density at radius 2 is 2.17 bits per heavy atom. The van der Waals surface area contributed by atoms with Gasteiger partial charge in [0.1, 0.15) is 0 Å². The molecule has 1 unspecified atom stereocenters. The van der Waals surface area contributed by atoms with Crippen molar-refractivity contribution >= 4 is 23.2 Å². The maximum absolute atomic E-state index is 11.9. The van der Waals surface area contributed by atoms with Gasteiger partial charge in [-0.2, -0.15) is 0 Å². The lowest BCUT2D eigenvalue weighted by molar-refractivity contribution is -0.138. The highest BCUT2D eigenvalue weighted by molar-refractivity contribution is 7.12. The molecule has 1 aromatic rings. The van der Waals surface area contributed by atoms with Crippen LogP contribution >= 0.6 is 11.3 Å². The summed E-state index contributed by atoms with van der Waals surface area (Å²) in [6, 6.07) is 1.78. The molecule has 1 aliphatic heterocycles. The maximum atomic E-state index is 11.9. The Morgan fingerprint density at radius 3 is 2.67 bits per heavy atom. The standard InChI is InChI=1S/C13H18N2O2S/c1-4-15-12(16)6-11(13(15)17)14-7-10-5-8(2)9(3)18-10/h5,11,14H,4,6-7H2,1-3H3. The number of rotatable bonds is 4. The molecule has 18 heavy (non-hydrogen) atoms. The summed E-state index contributed by atoms with van der Waals surface area (Å²) >= 11 is 1.73. The molecule has 1 atom stereocenters. The van der Waals surface area contributed by atoms with Gasteiger partial charge in [-0.15, -0.1) is 11.3 Å². The van der Waals surface area contributed by atoms with E-state index in [4.69, 9.17) is 0 Å². The predicted octanol–water partition coefficient (Wildman–Crippen LogP) is 1.60. The molecule has 5 heteroatoms. The largest absolute Gasteiger partial charge is 0.300 e. The molecule has 1 saturated heterocycles. The van der Waals surface area contributed by atoms with Crippen LogP contribution in [0.15, 0.2) is 6.07 Å². The van der Waals surface area contributed by atoms with Crippen LogP contribution in [0, 0.1) is 13.8 Å². The summed E-state index contributed by atoms with van der Waals surface area (Å²) < 4.78 is 0. The summed E-state index contributed by atoms with van der Waals surface area (Å²) in [6.45, 7) is 7.11. The fourth-order valence-corrected chi connectivity index (χ4v) is 3.14. The van der Waals surface area contributed by atoms with Crippen molar-refractivity contribution in [2.24, 2.45) is 0 Å². The molecule has 0 saturated carbocycles. The van der Waals surface area contributed by atoms with Crippen LogP contribution in [0.1, 0.15) is 28.7 Å². The Hall–Kier alpha value is -1.20. The first-order chi connectivity index (χ1) is 8.52. The second-order valence-electron chi connectivity index (χ2n) is 4.57. The summed E-state index contributed by atoms with van der Waals surface area (Å²) in [5.74, 6) is -0.161. The van der Waals surface area contributed by atoms with Gasteiger partial charge < -0.3 is 5.32 Å². The third-order valence-corrected chi connectivity index (χ3v) is 4.45. The zero-order chi connectivity index (χ0) is 13.3. The van der Waals surface area contributed by atoms with Crippen molar-refractivity contribution in [3.05, 3.63) is 21.4 Å². The van der Waals surface area contributed by atoms with E-state index < -0.39 is 0 Å². The van der Waals surface area contributed by atoms with Crippen LogP contribution in [-0.4, -0.2) is 29.3 Å². The molecule has 1 N–H and O–H groups in total. The molecular formula is C13H18N2O2S. The van der Waals surface area contributed by atoms with Crippen LogP contribution in [0.25, 0.3) is 0 Å². The zero-order valence-corrected chi connectivity index (χ0v) is 11.8. The lowest BCUT2D eigenvalue weighted by Gasteiger charge is -2.12. The smallest absolute Gasteiger partial charge is 0.246 e. The first-order valence-electron chi connectivity index (χ1n) is 6.16. The monoisotopic (exact) mass is 266 g/mol. The second kappa shape index (κ2) is 5.20. The van der Waals surface area contributed by atoms with Gasteiger partial charge in [-0.25, -0.2) is 0 Å². The number of nitrogens with one attached hydrogen (secondary N) is 1. The molecule has 1 fully saturated rings. The van der Waals surface area contributed by atoms with Gasteiger partial charge in [-0.05, 0) is 32.4 Å². The Morgan fingerprint density at radius 1 is 1.44 bits per heavy atom. The average molecular weight is 266 g/mol. The van der Waals surface area contributed by atoms with E-state index in [0.717, 1.165) is 0 Å². The molecule has 1 aromatic heterocycles. The first kappa shape index (κ1) is 13.2. The van der Waals surface area contributed by atoms with Gasteiger partial charge >= 0.3 is 0 Å². The van der Waals surface area contributed by atoms with Crippen molar-refractivity contribution in [1.82, 2.24) is 10.2 Å². The molecule has 98 valence electrons. The molecular weight excluding hydrogens is 248 g/mol. The Balaban J connectivity index is 1.95. The molecule has 0 spiro atoms. The molecule has 2 rings (SSSR count). The van der Waals surface area contributed by atoms with E-state index in [1.165, 1.54) is 20.2 Å². The molecule has 0 radical (unpaired) electrons. The van der Waals surface area contributed by atoms with Gasteiger partial charge in [0.2, 0.25) is 11.8 Å². The number of imide groups is 1. The number of carbonyl (C=O) groups is 2. The van der Waals surface area contributed by atoms with Crippen molar-refractivity contribution in [2.45, 2.75) is 39.8 Å². The van der Waals surface area contributed by atoms with E-state index in [9.17, 15) is 9.59 Å². The number of likely N-dealkylation sites (N-methyl/N-ethyl adjacent to an activating group) is 1. The normalized spacial score (nSPS) is 19.9. The van der Waals surface area contributed by atoms with Crippen molar-refractivity contribution in [3.63, 3.8) is 0 Å². The number of thiophene rings is 1. The fraction of sp³-hybridized carbons (Fsp3) is 0.538. The lowest BCUT2D eigenvalue weighted by Crippen LogP contribution is -2.38. The highest BCUT2D eigenvalue weighted by Crippen LogP contribution is 2.21. The van der Waals surface area contributed by atoms with Gasteiger partial charge in [0.05, 0.1) is 12.5 Å². The highest BCUT2D eigenvalue weighted by Gasteiger charge is 2.36. The Labute approximate surface area is 111 Å². The quantitative estimate of drug-likeness (QED) is 0.842. The number of carbonyl (C=O) groups excluding carboxylic acids is 2. The summed E-state index contributed by atoms with van der Waals surface area (Å²) in [6.07, 6.45) is 0.288. The van der Waals surface area contributed by atoms with Gasteiger partial charge in [0, 0.05) is 22.8 Å². The molecule has 2 heterocycles. The van der Waals surface area contributed by atoms with E-state index in [-0.39, 0.29) is 24.3 Å². The molecule has 0 aliphatic carbocycles. The predicted molar refractivity (Wildman–Crippen MR) is 71.4 cm³/mol. The second-order valence-corrected chi connectivity index (χ2v) is 5.91. The van der Waals surface area contributed by atoms with Crippen LogP contribution in [0.4, 0.5) is 0 Å². The summed E-state index contributed by atoms with van der Waals surface area (Å²) in [5.41, 5.74) is 1.28. The van der Waals surface area contributed by atoms with E-state index in [1.807, 2.05) is 6.92 Å². The third kappa shape index (κ3) is 2.47.